The molecule has 1 amide bonds. The van der Waals surface area contributed by atoms with Crippen LogP contribution >= 0.6 is 0 Å². The summed E-state index contributed by atoms with van der Waals surface area (Å²) in [6.07, 6.45) is 2.50. The van der Waals surface area contributed by atoms with Crippen LogP contribution in [0, 0.1) is 13.8 Å². The molecule has 0 saturated heterocycles. The zero-order valence-electron chi connectivity index (χ0n) is 14.6. The molecule has 0 fully saturated rings. The summed E-state index contributed by atoms with van der Waals surface area (Å²) in [6, 6.07) is 15.6. The van der Waals surface area contributed by atoms with Crippen molar-refractivity contribution in [1.82, 2.24) is 10.3 Å². The maximum atomic E-state index is 12.3. The third kappa shape index (κ3) is 3.97. The minimum Gasteiger partial charge on any atom is -0.491 e. The number of carbonyl (C=O) groups excluding carboxylic acids is 1. The van der Waals surface area contributed by atoms with Gasteiger partial charge in [0.25, 0.3) is 5.91 Å². The first-order valence-corrected chi connectivity index (χ1v) is 8.48. The predicted octanol–water partition coefficient (Wildman–Crippen LogP) is 4.05. The van der Waals surface area contributed by atoms with Crippen LogP contribution in [0.2, 0.25) is 0 Å². The number of aryl methyl sites for hydroxylation is 1. The van der Waals surface area contributed by atoms with Gasteiger partial charge >= 0.3 is 0 Å². The molecular formula is C21H22N2O2. The Kier molecular flexibility index (Phi) is 5.29. The summed E-state index contributed by atoms with van der Waals surface area (Å²) >= 11 is 0. The van der Waals surface area contributed by atoms with Gasteiger partial charge in [-0.15, -0.1) is 0 Å². The Labute approximate surface area is 147 Å². The van der Waals surface area contributed by atoms with E-state index in [0.29, 0.717) is 13.2 Å². The highest BCUT2D eigenvalue weighted by atomic mass is 16.5. The predicted molar refractivity (Wildman–Crippen MR) is 100 cm³/mol. The van der Waals surface area contributed by atoms with Crippen LogP contribution < -0.4 is 10.1 Å². The van der Waals surface area contributed by atoms with Gasteiger partial charge in [0, 0.05) is 23.7 Å². The van der Waals surface area contributed by atoms with Crippen LogP contribution in [0.4, 0.5) is 0 Å². The Bertz CT molecular complexity index is 885. The summed E-state index contributed by atoms with van der Waals surface area (Å²) in [5.74, 6) is 0.743. The molecule has 0 spiro atoms. The molecule has 0 aliphatic heterocycles. The van der Waals surface area contributed by atoms with Crippen molar-refractivity contribution in [2.75, 3.05) is 13.2 Å². The number of carbonyl (C=O) groups is 1. The lowest BCUT2D eigenvalue weighted by Crippen LogP contribution is -2.26. The Balaban J connectivity index is 1.50. The molecule has 0 bridgehead atoms. The van der Waals surface area contributed by atoms with Crippen molar-refractivity contribution in [3.63, 3.8) is 0 Å². The molecule has 0 saturated carbocycles. The molecule has 128 valence electrons. The van der Waals surface area contributed by atoms with Crippen molar-refractivity contribution >= 4 is 16.8 Å². The molecule has 0 unspecified atom stereocenters. The number of benzene rings is 2. The van der Waals surface area contributed by atoms with E-state index < -0.39 is 0 Å². The Morgan fingerprint density at radius 1 is 1.08 bits per heavy atom. The van der Waals surface area contributed by atoms with Gasteiger partial charge in [0.1, 0.15) is 11.3 Å². The van der Waals surface area contributed by atoms with Gasteiger partial charge in [0.2, 0.25) is 0 Å². The van der Waals surface area contributed by atoms with E-state index in [9.17, 15) is 4.79 Å². The highest BCUT2D eigenvalue weighted by Gasteiger charge is 2.09. The molecule has 3 rings (SSSR count). The van der Waals surface area contributed by atoms with Gasteiger partial charge in [-0.2, -0.15) is 0 Å². The molecule has 0 aliphatic rings. The van der Waals surface area contributed by atoms with Gasteiger partial charge in [-0.3, -0.25) is 9.78 Å². The number of hydrogen-bond donors (Lipinski definition) is 1. The molecule has 0 atom stereocenters. The summed E-state index contributed by atoms with van der Waals surface area (Å²) in [7, 11) is 0. The number of hydrogen-bond acceptors (Lipinski definition) is 3. The van der Waals surface area contributed by atoms with Gasteiger partial charge < -0.3 is 10.1 Å². The van der Waals surface area contributed by atoms with Crippen molar-refractivity contribution < 1.29 is 9.53 Å². The summed E-state index contributed by atoms with van der Waals surface area (Å²) in [5, 5.41) is 4.01. The van der Waals surface area contributed by atoms with Gasteiger partial charge in [-0.1, -0.05) is 30.3 Å². The van der Waals surface area contributed by atoms with Crippen molar-refractivity contribution in [3.8, 4) is 5.75 Å². The van der Waals surface area contributed by atoms with E-state index in [2.05, 4.69) is 10.3 Å². The second-order valence-corrected chi connectivity index (χ2v) is 6.04. The van der Waals surface area contributed by atoms with Gasteiger partial charge in [-0.25, -0.2) is 0 Å². The molecule has 2 aromatic carbocycles. The molecule has 0 aliphatic carbocycles. The van der Waals surface area contributed by atoms with Crippen LogP contribution in [0.15, 0.2) is 54.7 Å². The molecule has 25 heavy (non-hydrogen) atoms. The lowest BCUT2D eigenvalue weighted by molar-refractivity contribution is 0.0951. The number of para-hydroxylation sites is 1. The zero-order valence-corrected chi connectivity index (χ0v) is 14.6. The molecule has 4 heteroatoms. The Morgan fingerprint density at radius 2 is 1.88 bits per heavy atom. The molecule has 1 aromatic heterocycles. The highest BCUT2D eigenvalue weighted by Crippen LogP contribution is 2.22. The Morgan fingerprint density at radius 3 is 2.76 bits per heavy atom. The number of amides is 1. The van der Waals surface area contributed by atoms with E-state index in [1.165, 1.54) is 0 Å². The largest absolute Gasteiger partial charge is 0.491 e. The van der Waals surface area contributed by atoms with Crippen molar-refractivity contribution in [3.05, 3.63) is 71.4 Å². The minimum absolute atomic E-state index is 0.0342. The maximum Gasteiger partial charge on any atom is 0.251 e. The quantitative estimate of drug-likeness (QED) is 0.692. The molecule has 0 radical (unpaired) electrons. The summed E-state index contributed by atoms with van der Waals surface area (Å²) in [5.41, 5.74) is 3.75. The highest BCUT2D eigenvalue weighted by molar-refractivity contribution is 5.95. The number of rotatable bonds is 6. The summed E-state index contributed by atoms with van der Waals surface area (Å²) in [6.45, 7) is 5.09. The van der Waals surface area contributed by atoms with E-state index in [1.54, 1.807) is 6.20 Å². The van der Waals surface area contributed by atoms with E-state index >= 15 is 0 Å². The summed E-state index contributed by atoms with van der Waals surface area (Å²) in [4.78, 5) is 16.6. The average molecular weight is 334 g/mol. The smallest absolute Gasteiger partial charge is 0.251 e. The SMILES string of the molecule is Cc1cccc(C(=O)NCCCOc2cccc3cccnc23)c1C. The number of aromatic nitrogens is 1. The third-order valence-corrected chi connectivity index (χ3v) is 4.31. The number of ether oxygens (including phenoxy) is 1. The van der Waals surface area contributed by atoms with Gasteiger partial charge in [0.15, 0.2) is 0 Å². The van der Waals surface area contributed by atoms with Crippen molar-refractivity contribution in [2.45, 2.75) is 20.3 Å². The number of nitrogens with one attached hydrogen (secondary N) is 1. The van der Waals surface area contributed by atoms with Gasteiger partial charge in [0.05, 0.1) is 6.61 Å². The lowest BCUT2D eigenvalue weighted by atomic mass is 10.0. The fourth-order valence-corrected chi connectivity index (χ4v) is 2.74. The number of pyridine rings is 1. The van der Waals surface area contributed by atoms with Gasteiger partial charge in [-0.05, 0) is 49.6 Å². The van der Waals surface area contributed by atoms with Crippen LogP contribution in [0.1, 0.15) is 27.9 Å². The first-order chi connectivity index (χ1) is 12.2. The molecule has 4 nitrogen and oxygen atoms in total. The van der Waals surface area contributed by atoms with Crippen LogP contribution in [-0.4, -0.2) is 24.0 Å². The van der Waals surface area contributed by atoms with E-state index in [0.717, 1.165) is 39.8 Å². The standard InChI is InChI=1S/C21H22N2O2/c1-15-7-3-10-18(16(15)2)21(24)23-13-6-14-25-19-11-4-8-17-9-5-12-22-20(17)19/h3-5,7-12H,6,13-14H2,1-2H3,(H,23,24). The minimum atomic E-state index is -0.0342. The third-order valence-electron chi connectivity index (χ3n) is 4.31. The second-order valence-electron chi connectivity index (χ2n) is 6.04. The fraction of sp³-hybridized carbons (Fsp3) is 0.238. The number of nitrogens with zero attached hydrogens (tertiary/aromatic N) is 1. The Hall–Kier alpha value is -2.88. The monoisotopic (exact) mass is 334 g/mol. The average Bonchev–Trinajstić information content (AvgIpc) is 2.63. The molecular weight excluding hydrogens is 312 g/mol. The van der Waals surface area contributed by atoms with E-state index in [1.807, 2.05) is 62.4 Å². The maximum absolute atomic E-state index is 12.3. The first-order valence-electron chi connectivity index (χ1n) is 8.48. The molecule has 1 heterocycles. The van der Waals surface area contributed by atoms with Crippen LogP contribution in [0.25, 0.3) is 10.9 Å². The second kappa shape index (κ2) is 7.79. The van der Waals surface area contributed by atoms with E-state index in [-0.39, 0.29) is 5.91 Å². The first kappa shape index (κ1) is 17.0. The van der Waals surface area contributed by atoms with Crippen molar-refractivity contribution in [1.29, 1.82) is 0 Å². The normalized spacial score (nSPS) is 10.6. The topological polar surface area (TPSA) is 51.2 Å². The lowest BCUT2D eigenvalue weighted by Gasteiger charge is -2.11. The molecule has 1 N–H and O–H groups in total. The van der Waals surface area contributed by atoms with Crippen molar-refractivity contribution in [2.24, 2.45) is 0 Å². The number of fused-ring (bicyclic) bond motifs is 1. The van der Waals surface area contributed by atoms with E-state index in [4.69, 9.17) is 4.74 Å². The van der Waals surface area contributed by atoms with Crippen LogP contribution in [-0.2, 0) is 0 Å². The summed E-state index contributed by atoms with van der Waals surface area (Å²) < 4.78 is 5.84. The van der Waals surface area contributed by atoms with Crippen LogP contribution in [0.5, 0.6) is 5.75 Å². The van der Waals surface area contributed by atoms with Crippen LogP contribution in [0.3, 0.4) is 0 Å². The molecule has 3 aromatic rings. The zero-order chi connectivity index (χ0) is 17.6. The fourth-order valence-electron chi connectivity index (χ4n) is 2.74.